The van der Waals surface area contributed by atoms with Crippen LogP contribution in [0.4, 0.5) is 0 Å². The number of benzene rings is 2. The van der Waals surface area contributed by atoms with Gasteiger partial charge in [0, 0.05) is 23.2 Å². The Hall–Kier alpha value is -3.72. The fourth-order valence-electron chi connectivity index (χ4n) is 2.57. The van der Waals surface area contributed by atoms with Crippen LogP contribution in [-0.4, -0.2) is 38.3 Å². The summed E-state index contributed by atoms with van der Waals surface area (Å²) in [5.41, 5.74) is 1.34. The third-order valence-electron chi connectivity index (χ3n) is 4.00. The van der Waals surface area contributed by atoms with Gasteiger partial charge in [-0.05, 0) is 36.4 Å². The number of aromatic nitrogens is 1. The third kappa shape index (κ3) is 4.71. The molecule has 0 spiro atoms. The molecule has 0 bridgehead atoms. The number of nitrogens with one attached hydrogen (secondary N) is 1. The average Bonchev–Trinajstić information content (AvgIpc) is 2.75. The molecule has 0 aliphatic heterocycles. The second kappa shape index (κ2) is 9.28. The van der Waals surface area contributed by atoms with Gasteiger partial charge in [-0.1, -0.05) is 17.9 Å². The number of nitrogens with zero attached hydrogens (tertiary/aromatic N) is 1. The van der Waals surface area contributed by atoms with E-state index in [-0.39, 0.29) is 19.1 Å². The minimum absolute atomic E-state index is 0.218. The topological polar surface area (TPSA) is 69.7 Å². The van der Waals surface area contributed by atoms with Crippen LogP contribution in [0.3, 0.4) is 0 Å². The highest BCUT2D eigenvalue weighted by Gasteiger charge is 2.09. The monoisotopic (exact) mass is 376 g/mol. The number of fused-ring (bicyclic) bond motifs is 1. The predicted molar refractivity (Wildman–Crippen MR) is 107 cm³/mol. The van der Waals surface area contributed by atoms with E-state index in [1.54, 1.807) is 31.5 Å². The highest BCUT2D eigenvalue weighted by molar-refractivity contribution is 5.95. The van der Waals surface area contributed by atoms with Gasteiger partial charge in [0.2, 0.25) is 0 Å². The first kappa shape index (κ1) is 19.1. The number of methoxy groups -OCH3 is 2. The number of carbonyl (C=O) groups excluding carboxylic acids is 1. The number of ether oxygens (including phenoxy) is 3. The Morgan fingerprint density at radius 3 is 2.71 bits per heavy atom. The van der Waals surface area contributed by atoms with Gasteiger partial charge in [0.15, 0.2) is 11.5 Å². The predicted octanol–water partition coefficient (Wildman–Crippen LogP) is 3.06. The Balaban J connectivity index is 1.48. The van der Waals surface area contributed by atoms with Crippen molar-refractivity contribution in [3.8, 4) is 29.1 Å². The van der Waals surface area contributed by atoms with Gasteiger partial charge in [-0.3, -0.25) is 9.78 Å². The van der Waals surface area contributed by atoms with Gasteiger partial charge in [0.05, 0.1) is 26.3 Å². The molecule has 1 aromatic heterocycles. The molecule has 0 fully saturated rings. The molecule has 28 heavy (non-hydrogen) atoms. The Labute approximate surface area is 163 Å². The zero-order valence-corrected chi connectivity index (χ0v) is 15.7. The van der Waals surface area contributed by atoms with E-state index in [1.165, 1.54) is 7.11 Å². The molecule has 1 N–H and O–H groups in total. The molecule has 142 valence electrons. The van der Waals surface area contributed by atoms with Crippen molar-refractivity contribution in [1.29, 1.82) is 0 Å². The van der Waals surface area contributed by atoms with Crippen LogP contribution in [0, 0.1) is 11.8 Å². The Kier molecular flexibility index (Phi) is 6.32. The van der Waals surface area contributed by atoms with Crippen LogP contribution in [0.25, 0.3) is 10.9 Å². The van der Waals surface area contributed by atoms with E-state index in [0.717, 1.165) is 10.9 Å². The quantitative estimate of drug-likeness (QED) is 0.670. The number of amides is 1. The van der Waals surface area contributed by atoms with Gasteiger partial charge in [-0.2, -0.15) is 0 Å². The smallest absolute Gasteiger partial charge is 0.252 e. The number of pyridine rings is 1. The van der Waals surface area contributed by atoms with Crippen LogP contribution in [-0.2, 0) is 0 Å². The van der Waals surface area contributed by atoms with Crippen molar-refractivity contribution in [2.24, 2.45) is 0 Å². The van der Waals surface area contributed by atoms with Crippen molar-refractivity contribution >= 4 is 16.8 Å². The molecule has 0 saturated carbocycles. The lowest BCUT2D eigenvalue weighted by Crippen LogP contribution is -2.23. The molecule has 6 nitrogen and oxygen atoms in total. The molecule has 1 heterocycles. The highest BCUT2D eigenvalue weighted by atomic mass is 16.5. The second-order valence-corrected chi connectivity index (χ2v) is 5.75. The summed E-state index contributed by atoms with van der Waals surface area (Å²) in [5, 5.41) is 3.79. The van der Waals surface area contributed by atoms with Gasteiger partial charge in [0.1, 0.15) is 12.4 Å². The van der Waals surface area contributed by atoms with Gasteiger partial charge in [-0.25, -0.2) is 0 Å². The summed E-state index contributed by atoms with van der Waals surface area (Å²) < 4.78 is 16.0. The summed E-state index contributed by atoms with van der Waals surface area (Å²) in [4.78, 5) is 16.5. The van der Waals surface area contributed by atoms with Crippen LogP contribution in [0.15, 0.2) is 54.7 Å². The molecule has 0 atom stereocenters. The van der Waals surface area contributed by atoms with Gasteiger partial charge in [-0.15, -0.1) is 0 Å². The highest BCUT2D eigenvalue weighted by Crippen LogP contribution is 2.27. The standard InChI is InChI=1S/C22H20N2O4/c1-26-20-10-8-17(14-21(20)27-2)22(25)24-11-3-4-13-28-18-9-7-16-6-5-12-23-19(16)15-18/h5-10,12,14-15H,11,13H2,1-2H3,(H,24,25). The van der Waals surface area contributed by atoms with Crippen LogP contribution in [0.1, 0.15) is 10.4 Å². The first-order valence-corrected chi connectivity index (χ1v) is 8.65. The number of hydrogen-bond acceptors (Lipinski definition) is 5. The molecule has 0 unspecified atom stereocenters. The molecule has 1 amide bonds. The van der Waals surface area contributed by atoms with Crippen molar-refractivity contribution in [2.45, 2.75) is 0 Å². The lowest BCUT2D eigenvalue weighted by Gasteiger charge is -2.09. The van der Waals surface area contributed by atoms with E-state index in [1.807, 2.05) is 30.3 Å². The summed E-state index contributed by atoms with van der Waals surface area (Å²) in [6.45, 7) is 0.445. The van der Waals surface area contributed by atoms with Gasteiger partial charge < -0.3 is 19.5 Å². The molecule has 0 saturated heterocycles. The van der Waals surface area contributed by atoms with E-state index < -0.39 is 0 Å². The molecular formula is C22H20N2O4. The molecule has 3 rings (SSSR count). The fraction of sp³-hybridized carbons (Fsp3) is 0.182. The van der Waals surface area contributed by atoms with Crippen LogP contribution in [0.5, 0.6) is 17.2 Å². The zero-order chi connectivity index (χ0) is 19.8. The lowest BCUT2D eigenvalue weighted by atomic mass is 10.2. The maximum absolute atomic E-state index is 12.2. The van der Waals surface area contributed by atoms with Gasteiger partial charge in [0.25, 0.3) is 5.91 Å². The molecule has 0 aliphatic carbocycles. The van der Waals surface area contributed by atoms with Crippen LogP contribution >= 0.6 is 0 Å². The van der Waals surface area contributed by atoms with Crippen molar-refractivity contribution < 1.29 is 19.0 Å². The fourth-order valence-corrected chi connectivity index (χ4v) is 2.57. The number of rotatable bonds is 6. The van der Waals surface area contributed by atoms with E-state index in [4.69, 9.17) is 14.2 Å². The van der Waals surface area contributed by atoms with Crippen LogP contribution in [0.2, 0.25) is 0 Å². The van der Waals surface area contributed by atoms with Crippen molar-refractivity contribution in [3.63, 3.8) is 0 Å². The summed E-state index contributed by atoms with van der Waals surface area (Å²) in [7, 11) is 3.07. The molecule has 0 aliphatic rings. The average molecular weight is 376 g/mol. The first-order valence-electron chi connectivity index (χ1n) is 8.65. The van der Waals surface area contributed by atoms with E-state index in [2.05, 4.69) is 22.1 Å². The van der Waals surface area contributed by atoms with Crippen molar-refractivity contribution in [3.05, 3.63) is 60.3 Å². The molecule has 3 aromatic rings. The van der Waals surface area contributed by atoms with Crippen LogP contribution < -0.4 is 19.5 Å². The normalized spacial score (nSPS) is 9.93. The molecule has 2 aromatic carbocycles. The molecule has 0 radical (unpaired) electrons. The molecular weight excluding hydrogens is 356 g/mol. The minimum Gasteiger partial charge on any atom is -0.493 e. The maximum Gasteiger partial charge on any atom is 0.252 e. The number of carbonyl (C=O) groups is 1. The second-order valence-electron chi connectivity index (χ2n) is 5.75. The van der Waals surface area contributed by atoms with Crippen molar-refractivity contribution in [2.75, 3.05) is 27.4 Å². The van der Waals surface area contributed by atoms with Gasteiger partial charge >= 0.3 is 0 Å². The summed E-state index contributed by atoms with van der Waals surface area (Å²) in [6.07, 6.45) is 1.74. The zero-order valence-electron chi connectivity index (χ0n) is 15.7. The minimum atomic E-state index is -0.239. The largest absolute Gasteiger partial charge is 0.493 e. The summed E-state index contributed by atoms with van der Waals surface area (Å²) in [6, 6.07) is 14.6. The Morgan fingerprint density at radius 1 is 1.04 bits per heavy atom. The van der Waals surface area contributed by atoms with E-state index in [0.29, 0.717) is 22.8 Å². The molecule has 6 heteroatoms. The summed E-state index contributed by atoms with van der Waals surface area (Å²) in [5.74, 6) is 7.28. The third-order valence-corrected chi connectivity index (χ3v) is 4.00. The van der Waals surface area contributed by atoms with Crippen molar-refractivity contribution in [1.82, 2.24) is 10.3 Å². The Bertz CT molecular complexity index is 1040. The lowest BCUT2D eigenvalue weighted by molar-refractivity contribution is 0.0958. The van der Waals surface area contributed by atoms with E-state index in [9.17, 15) is 4.79 Å². The maximum atomic E-state index is 12.2. The Morgan fingerprint density at radius 2 is 1.89 bits per heavy atom. The number of hydrogen-bond donors (Lipinski definition) is 1. The SMILES string of the molecule is COc1ccc(C(=O)NCC#CCOc2ccc3cccnc3c2)cc1OC. The van der Waals surface area contributed by atoms with E-state index >= 15 is 0 Å². The summed E-state index contributed by atoms with van der Waals surface area (Å²) >= 11 is 0. The first-order chi connectivity index (χ1) is 13.7.